The zero-order chi connectivity index (χ0) is 19.6. The first kappa shape index (κ1) is 18.9. The van der Waals surface area contributed by atoms with Gasteiger partial charge in [-0.1, -0.05) is 23.8 Å². The van der Waals surface area contributed by atoms with E-state index < -0.39 is 5.97 Å². The quantitative estimate of drug-likeness (QED) is 0.482. The van der Waals surface area contributed by atoms with Gasteiger partial charge in [0.15, 0.2) is 6.61 Å². The SMILES string of the molecule is Cc1cc(C)c(C(=O)COC(=O)c2sc(-c3ccccn3)nc2C)c(C)c1. The van der Waals surface area contributed by atoms with E-state index >= 15 is 0 Å². The molecule has 0 aliphatic carbocycles. The van der Waals surface area contributed by atoms with Gasteiger partial charge in [-0.15, -0.1) is 11.3 Å². The lowest BCUT2D eigenvalue weighted by Gasteiger charge is -2.10. The average molecular weight is 380 g/mol. The highest BCUT2D eigenvalue weighted by Gasteiger charge is 2.20. The number of rotatable bonds is 5. The van der Waals surface area contributed by atoms with Crippen LogP contribution in [0.5, 0.6) is 0 Å². The summed E-state index contributed by atoms with van der Waals surface area (Å²) >= 11 is 1.22. The minimum atomic E-state index is -0.539. The van der Waals surface area contributed by atoms with Gasteiger partial charge in [0.2, 0.25) is 5.78 Å². The molecule has 2 aromatic heterocycles. The third kappa shape index (κ3) is 4.11. The predicted octanol–water partition coefficient (Wildman–Crippen LogP) is 4.48. The molecule has 0 saturated carbocycles. The Bertz CT molecular complexity index is 987. The zero-order valence-electron chi connectivity index (χ0n) is 15.7. The number of esters is 1. The van der Waals surface area contributed by atoms with Crippen LogP contribution in [-0.2, 0) is 4.74 Å². The number of ether oxygens (including phenoxy) is 1. The lowest BCUT2D eigenvalue weighted by molar-refractivity contribution is 0.0478. The molecule has 0 unspecified atom stereocenters. The second kappa shape index (κ2) is 7.80. The highest BCUT2D eigenvalue weighted by Crippen LogP contribution is 2.27. The van der Waals surface area contributed by atoms with Crippen molar-refractivity contribution in [2.75, 3.05) is 6.61 Å². The predicted molar refractivity (Wildman–Crippen MR) is 105 cm³/mol. The van der Waals surface area contributed by atoms with Crippen LogP contribution < -0.4 is 0 Å². The lowest BCUT2D eigenvalue weighted by atomic mass is 9.97. The largest absolute Gasteiger partial charge is 0.453 e. The van der Waals surface area contributed by atoms with Gasteiger partial charge in [0, 0.05) is 11.8 Å². The Hall–Kier alpha value is -2.86. The van der Waals surface area contributed by atoms with Crippen molar-refractivity contribution in [1.82, 2.24) is 9.97 Å². The molecule has 138 valence electrons. The van der Waals surface area contributed by atoms with Crippen LogP contribution in [0, 0.1) is 27.7 Å². The Morgan fingerprint density at radius 1 is 1.07 bits per heavy atom. The molecule has 0 N–H and O–H groups in total. The number of hydrogen-bond acceptors (Lipinski definition) is 6. The number of pyridine rings is 1. The van der Waals surface area contributed by atoms with Crippen molar-refractivity contribution >= 4 is 23.1 Å². The summed E-state index contributed by atoms with van der Waals surface area (Å²) in [6, 6.07) is 9.42. The van der Waals surface area contributed by atoms with Gasteiger partial charge in [0.05, 0.1) is 11.4 Å². The standard InChI is InChI=1S/C21H20N2O3S/c1-12-9-13(2)18(14(3)10-12)17(24)11-26-21(25)19-15(4)23-20(27-19)16-7-5-6-8-22-16/h5-10H,11H2,1-4H3. The number of benzene rings is 1. The fraction of sp³-hybridized carbons (Fsp3) is 0.238. The van der Waals surface area contributed by atoms with Crippen molar-refractivity contribution in [3.05, 3.63) is 69.4 Å². The fourth-order valence-electron chi connectivity index (χ4n) is 3.07. The molecule has 0 amide bonds. The summed E-state index contributed by atoms with van der Waals surface area (Å²) in [6.45, 7) is 7.22. The maximum Gasteiger partial charge on any atom is 0.350 e. The normalized spacial score (nSPS) is 10.7. The fourth-order valence-corrected chi connectivity index (χ4v) is 4.01. The van der Waals surface area contributed by atoms with Gasteiger partial charge in [0.1, 0.15) is 9.88 Å². The first-order valence-corrected chi connectivity index (χ1v) is 9.35. The average Bonchev–Trinajstić information content (AvgIpc) is 3.01. The number of nitrogens with zero attached hydrogens (tertiary/aromatic N) is 2. The molecular weight excluding hydrogens is 360 g/mol. The summed E-state index contributed by atoms with van der Waals surface area (Å²) in [7, 11) is 0. The van der Waals surface area contributed by atoms with E-state index in [2.05, 4.69) is 9.97 Å². The summed E-state index contributed by atoms with van der Waals surface area (Å²) in [5, 5.41) is 0.650. The first-order chi connectivity index (χ1) is 12.9. The van der Waals surface area contributed by atoms with Crippen LogP contribution in [0.15, 0.2) is 36.5 Å². The summed E-state index contributed by atoms with van der Waals surface area (Å²) in [4.78, 5) is 34.0. The van der Waals surface area contributed by atoms with Crippen molar-refractivity contribution in [2.24, 2.45) is 0 Å². The van der Waals surface area contributed by atoms with Crippen LogP contribution in [0.25, 0.3) is 10.7 Å². The molecule has 0 aliphatic heterocycles. The lowest BCUT2D eigenvalue weighted by Crippen LogP contribution is -2.16. The number of aromatic nitrogens is 2. The van der Waals surface area contributed by atoms with E-state index in [1.54, 1.807) is 13.1 Å². The third-order valence-corrected chi connectivity index (χ3v) is 5.32. The van der Waals surface area contributed by atoms with Crippen LogP contribution in [0.1, 0.15) is 42.4 Å². The van der Waals surface area contributed by atoms with Gasteiger partial charge in [-0.3, -0.25) is 9.78 Å². The Balaban J connectivity index is 1.73. The summed E-state index contributed by atoms with van der Waals surface area (Å²) in [5.41, 5.74) is 4.76. The minimum absolute atomic E-state index is 0.203. The molecule has 0 saturated heterocycles. The van der Waals surface area contributed by atoms with Crippen molar-refractivity contribution < 1.29 is 14.3 Å². The number of Topliss-reactive ketones (excluding diaryl/α,β-unsaturated/α-hetero) is 1. The van der Waals surface area contributed by atoms with Crippen LogP contribution in [0.4, 0.5) is 0 Å². The maximum absolute atomic E-state index is 12.5. The summed E-state index contributed by atoms with van der Waals surface area (Å²) < 4.78 is 5.28. The van der Waals surface area contributed by atoms with Crippen LogP contribution >= 0.6 is 11.3 Å². The van der Waals surface area contributed by atoms with E-state index in [0.717, 1.165) is 16.7 Å². The molecule has 0 fully saturated rings. The number of carbonyl (C=O) groups is 2. The zero-order valence-corrected chi connectivity index (χ0v) is 16.5. The molecule has 2 heterocycles. The Morgan fingerprint density at radius 3 is 2.41 bits per heavy atom. The molecule has 0 aliphatic rings. The van der Waals surface area contributed by atoms with Gasteiger partial charge >= 0.3 is 5.97 Å². The molecule has 3 aromatic rings. The number of carbonyl (C=O) groups excluding carboxylic acids is 2. The second-order valence-electron chi connectivity index (χ2n) is 6.42. The monoisotopic (exact) mass is 380 g/mol. The van der Waals surface area contributed by atoms with Gasteiger partial charge < -0.3 is 4.74 Å². The van der Waals surface area contributed by atoms with E-state index in [-0.39, 0.29) is 12.4 Å². The van der Waals surface area contributed by atoms with E-state index in [9.17, 15) is 9.59 Å². The summed E-state index contributed by atoms with van der Waals surface area (Å²) in [6.07, 6.45) is 1.68. The Morgan fingerprint density at radius 2 is 1.78 bits per heavy atom. The maximum atomic E-state index is 12.5. The topological polar surface area (TPSA) is 69.2 Å². The first-order valence-electron chi connectivity index (χ1n) is 8.54. The van der Waals surface area contributed by atoms with Crippen LogP contribution in [0.3, 0.4) is 0 Å². The number of aryl methyl sites for hydroxylation is 4. The van der Waals surface area contributed by atoms with E-state index in [1.807, 2.05) is 51.1 Å². The second-order valence-corrected chi connectivity index (χ2v) is 7.42. The van der Waals surface area contributed by atoms with Gasteiger partial charge in [-0.2, -0.15) is 0 Å². The minimum Gasteiger partial charge on any atom is -0.453 e. The van der Waals surface area contributed by atoms with Crippen LogP contribution in [-0.4, -0.2) is 28.3 Å². The number of thiazole rings is 1. The van der Waals surface area contributed by atoms with Crippen LogP contribution in [0.2, 0.25) is 0 Å². The Labute approximate surface area is 162 Å². The highest BCUT2D eigenvalue weighted by atomic mass is 32.1. The molecule has 0 atom stereocenters. The molecular formula is C21H20N2O3S. The molecule has 5 nitrogen and oxygen atoms in total. The molecule has 1 aromatic carbocycles. The van der Waals surface area contributed by atoms with E-state index in [4.69, 9.17) is 4.74 Å². The molecule has 0 radical (unpaired) electrons. The van der Waals surface area contributed by atoms with Gasteiger partial charge in [-0.05, 0) is 51.0 Å². The van der Waals surface area contributed by atoms with Crippen molar-refractivity contribution in [3.8, 4) is 10.7 Å². The van der Waals surface area contributed by atoms with Gasteiger partial charge in [0.25, 0.3) is 0 Å². The molecule has 0 bridgehead atoms. The van der Waals surface area contributed by atoms with E-state index in [1.165, 1.54) is 11.3 Å². The van der Waals surface area contributed by atoms with E-state index in [0.29, 0.717) is 26.8 Å². The highest BCUT2D eigenvalue weighted by molar-refractivity contribution is 7.17. The van der Waals surface area contributed by atoms with Crippen molar-refractivity contribution in [3.63, 3.8) is 0 Å². The summed E-state index contributed by atoms with van der Waals surface area (Å²) in [5.74, 6) is -0.742. The Kier molecular flexibility index (Phi) is 5.46. The molecule has 27 heavy (non-hydrogen) atoms. The van der Waals surface area contributed by atoms with Crippen molar-refractivity contribution in [2.45, 2.75) is 27.7 Å². The third-order valence-electron chi connectivity index (χ3n) is 4.16. The smallest absolute Gasteiger partial charge is 0.350 e. The number of ketones is 1. The molecule has 0 spiro atoms. The molecule has 6 heteroatoms. The number of hydrogen-bond donors (Lipinski definition) is 0. The van der Waals surface area contributed by atoms with Gasteiger partial charge in [-0.25, -0.2) is 9.78 Å². The molecule has 3 rings (SSSR count). The van der Waals surface area contributed by atoms with Crippen molar-refractivity contribution in [1.29, 1.82) is 0 Å².